The number of aliphatic hydroxyl groups excluding tert-OH is 1. The number of carbonyl (C=O) groups is 2. The van der Waals surface area contributed by atoms with Gasteiger partial charge < -0.3 is 24.2 Å². The van der Waals surface area contributed by atoms with Crippen molar-refractivity contribution in [3.8, 4) is 17.2 Å². The van der Waals surface area contributed by atoms with E-state index in [0.717, 1.165) is 5.56 Å². The Hall–Kier alpha value is -4.33. The molecule has 0 spiro atoms. The number of methoxy groups -OCH3 is 3. The predicted molar refractivity (Wildman–Crippen MR) is 125 cm³/mol. The third-order valence-electron chi connectivity index (χ3n) is 5.70. The highest BCUT2D eigenvalue weighted by atomic mass is 16.5. The van der Waals surface area contributed by atoms with Crippen molar-refractivity contribution in [1.29, 1.82) is 0 Å². The number of benzene rings is 2. The third-order valence-corrected chi connectivity index (χ3v) is 5.70. The van der Waals surface area contributed by atoms with Crippen molar-refractivity contribution in [3.63, 3.8) is 0 Å². The van der Waals surface area contributed by atoms with Crippen molar-refractivity contribution < 1.29 is 28.9 Å². The number of likely N-dealkylation sites (tertiary alicyclic amines) is 1. The van der Waals surface area contributed by atoms with Crippen molar-refractivity contribution in [3.05, 3.63) is 89.3 Å². The van der Waals surface area contributed by atoms with Crippen LogP contribution in [0.2, 0.25) is 0 Å². The van der Waals surface area contributed by atoms with Gasteiger partial charge in [-0.3, -0.25) is 14.6 Å². The number of ketones is 1. The Morgan fingerprint density at radius 3 is 2.32 bits per heavy atom. The zero-order valence-electron chi connectivity index (χ0n) is 19.0. The molecule has 1 N–H and O–H groups in total. The summed E-state index contributed by atoms with van der Waals surface area (Å²) in [4.78, 5) is 31.9. The van der Waals surface area contributed by atoms with E-state index in [0.29, 0.717) is 28.4 Å². The summed E-state index contributed by atoms with van der Waals surface area (Å²) in [6, 6.07) is 14.6. The predicted octanol–water partition coefficient (Wildman–Crippen LogP) is 3.73. The first-order valence-corrected chi connectivity index (χ1v) is 10.5. The molecule has 8 heteroatoms. The molecule has 0 saturated carbocycles. The summed E-state index contributed by atoms with van der Waals surface area (Å²) in [5, 5.41) is 11.3. The molecule has 0 bridgehead atoms. The summed E-state index contributed by atoms with van der Waals surface area (Å²) in [5.41, 5.74) is 1.74. The SMILES string of the molecule is COc1ccc([C@@H]2C(=C(O)c3ccc(OC)c(OC)c3)C(=O)C(=O)N2Cc2cccnc2)cc1. The summed E-state index contributed by atoms with van der Waals surface area (Å²) in [6.07, 6.45) is 3.27. The van der Waals surface area contributed by atoms with Gasteiger partial charge in [-0.15, -0.1) is 0 Å². The maximum absolute atomic E-state index is 13.2. The average molecular weight is 460 g/mol. The Morgan fingerprint density at radius 2 is 1.71 bits per heavy atom. The maximum Gasteiger partial charge on any atom is 0.295 e. The van der Waals surface area contributed by atoms with E-state index in [-0.39, 0.29) is 17.9 Å². The molecular weight excluding hydrogens is 436 g/mol. The number of hydrogen-bond acceptors (Lipinski definition) is 7. The minimum Gasteiger partial charge on any atom is -0.507 e. The second kappa shape index (κ2) is 9.66. The fraction of sp³-hybridized carbons (Fsp3) is 0.192. The van der Waals surface area contributed by atoms with Crippen molar-refractivity contribution in [1.82, 2.24) is 9.88 Å². The number of carbonyl (C=O) groups excluding carboxylic acids is 2. The van der Waals surface area contributed by atoms with Gasteiger partial charge in [0, 0.05) is 24.5 Å². The number of hydrogen-bond donors (Lipinski definition) is 1. The largest absolute Gasteiger partial charge is 0.507 e. The van der Waals surface area contributed by atoms with Crippen LogP contribution in [0.15, 0.2) is 72.6 Å². The van der Waals surface area contributed by atoms with Gasteiger partial charge in [0.15, 0.2) is 11.5 Å². The number of nitrogens with zero attached hydrogens (tertiary/aromatic N) is 2. The first kappa shape index (κ1) is 22.8. The second-order valence-electron chi connectivity index (χ2n) is 7.63. The molecule has 2 aromatic carbocycles. The topological polar surface area (TPSA) is 98.2 Å². The van der Waals surface area contributed by atoms with Gasteiger partial charge in [-0.1, -0.05) is 18.2 Å². The summed E-state index contributed by atoms with van der Waals surface area (Å²) >= 11 is 0. The van der Waals surface area contributed by atoms with Crippen LogP contribution in [0, 0.1) is 0 Å². The monoisotopic (exact) mass is 460 g/mol. The maximum atomic E-state index is 13.2. The lowest BCUT2D eigenvalue weighted by atomic mass is 9.95. The molecule has 0 aliphatic carbocycles. The molecule has 1 atom stereocenters. The molecule has 1 saturated heterocycles. The normalized spacial score (nSPS) is 17.0. The van der Waals surface area contributed by atoms with Crippen molar-refractivity contribution in [2.45, 2.75) is 12.6 Å². The molecule has 0 radical (unpaired) electrons. The van der Waals surface area contributed by atoms with Gasteiger partial charge in [0.1, 0.15) is 11.5 Å². The van der Waals surface area contributed by atoms with Crippen molar-refractivity contribution in [2.75, 3.05) is 21.3 Å². The molecule has 1 aliphatic rings. The average Bonchev–Trinajstić information content (AvgIpc) is 3.13. The summed E-state index contributed by atoms with van der Waals surface area (Å²) < 4.78 is 15.8. The van der Waals surface area contributed by atoms with Crippen LogP contribution in [-0.2, 0) is 16.1 Å². The van der Waals surface area contributed by atoms with Gasteiger partial charge in [0.25, 0.3) is 11.7 Å². The minimum absolute atomic E-state index is 0.00808. The first-order valence-electron chi connectivity index (χ1n) is 10.5. The van der Waals surface area contributed by atoms with Crippen LogP contribution in [0.1, 0.15) is 22.7 Å². The molecule has 2 heterocycles. The van der Waals surface area contributed by atoms with Crippen LogP contribution < -0.4 is 14.2 Å². The van der Waals surface area contributed by atoms with Gasteiger partial charge in [0.2, 0.25) is 0 Å². The van der Waals surface area contributed by atoms with E-state index in [1.54, 1.807) is 68.0 Å². The Bertz CT molecular complexity index is 1240. The number of Topliss-reactive ketones (excluding diaryl/α,β-unsaturated/α-hetero) is 1. The Morgan fingerprint density at radius 1 is 0.971 bits per heavy atom. The minimum atomic E-state index is -0.806. The highest BCUT2D eigenvalue weighted by Crippen LogP contribution is 2.41. The highest BCUT2D eigenvalue weighted by Gasteiger charge is 2.46. The molecule has 1 aliphatic heterocycles. The van der Waals surface area contributed by atoms with E-state index < -0.39 is 17.7 Å². The second-order valence-corrected chi connectivity index (χ2v) is 7.63. The van der Waals surface area contributed by atoms with E-state index in [4.69, 9.17) is 14.2 Å². The number of aromatic nitrogens is 1. The van der Waals surface area contributed by atoms with Crippen LogP contribution >= 0.6 is 0 Å². The van der Waals surface area contributed by atoms with E-state index >= 15 is 0 Å². The fourth-order valence-electron chi connectivity index (χ4n) is 4.00. The molecule has 8 nitrogen and oxygen atoms in total. The zero-order valence-corrected chi connectivity index (χ0v) is 19.0. The van der Waals surface area contributed by atoms with Crippen LogP contribution in [0.25, 0.3) is 5.76 Å². The molecule has 0 unspecified atom stereocenters. The molecule has 174 valence electrons. The Kier molecular flexibility index (Phi) is 6.49. The van der Waals surface area contributed by atoms with Gasteiger partial charge in [-0.25, -0.2) is 0 Å². The Balaban J connectivity index is 1.86. The summed E-state index contributed by atoms with van der Waals surface area (Å²) in [5.74, 6) is -0.273. The lowest BCUT2D eigenvalue weighted by Crippen LogP contribution is -2.29. The first-order chi connectivity index (χ1) is 16.5. The lowest BCUT2D eigenvalue weighted by Gasteiger charge is -2.25. The van der Waals surface area contributed by atoms with E-state index in [1.165, 1.54) is 19.1 Å². The van der Waals surface area contributed by atoms with Crippen LogP contribution in [0.5, 0.6) is 17.2 Å². The van der Waals surface area contributed by atoms with Crippen LogP contribution in [0.4, 0.5) is 0 Å². The third kappa shape index (κ3) is 4.17. The number of ether oxygens (including phenoxy) is 3. The molecule has 1 fully saturated rings. The van der Waals surface area contributed by atoms with Crippen LogP contribution in [0.3, 0.4) is 0 Å². The molecule has 4 rings (SSSR count). The van der Waals surface area contributed by atoms with Gasteiger partial charge >= 0.3 is 0 Å². The van der Waals surface area contributed by atoms with E-state index in [9.17, 15) is 14.7 Å². The van der Waals surface area contributed by atoms with Crippen molar-refractivity contribution in [2.24, 2.45) is 0 Å². The highest BCUT2D eigenvalue weighted by molar-refractivity contribution is 6.46. The smallest absolute Gasteiger partial charge is 0.295 e. The summed E-state index contributed by atoms with van der Waals surface area (Å²) in [7, 11) is 4.54. The standard InChI is InChI=1S/C26H24N2O6/c1-32-19-9-6-17(7-10-19)23-22(24(29)18-8-11-20(33-2)21(13-18)34-3)25(30)26(31)28(23)15-16-5-4-12-27-14-16/h4-14,23,29H,15H2,1-3H3/t23-/m1/s1. The van der Waals surface area contributed by atoms with Crippen molar-refractivity contribution >= 4 is 17.4 Å². The molecule has 1 aromatic heterocycles. The quantitative estimate of drug-likeness (QED) is 0.326. The molecule has 34 heavy (non-hydrogen) atoms. The number of aliphatic hydroxyl groups is 1. The molecule has 1 amide bonds. The Labute approximate surface area is 197 Å². The lowest BCUT2D eigenvalue weighted by molar-refractivity contribution is -0.140. The summed E-state index contributed by atoms with van der Waals surface area (Å²) in [6.45, 7) is 0.151. The fourth-order valence-corrected chi connectivity index (χ4v) is 4.00. The zero-order chi connectivity index (χ0) is 24.2. The number of rotatable bonds is 7. The van der Waals surface area contributed by atoms with E-state index in [2.05, 4.69) is 4.98 Å². The molecule has 3 aromatic rings. The van der Waals surface area contributed by atoms with Crippen LogP contribution in [-0.4, -0.2) is 48.0 Å². The molecular formula is C26H24N2O6. The van der Waals surface area contributed by atoms with Gasteiger partial charge in [0.05, 0.1) is 32.9 Å². The van der Waals surface area contributed by atoms with E-state index in [1.807, 2.05) is 6.07 Å². The number of pyridine rings is 1. The number of amides is 1. The van der Waals surface area contributed by atoms with Gasteiger partial charge in [-0.2, -0.15) is 0 Å². The van der Waals surface area contributed by atoms with Gasteiger partial charge in [-0.05, 0) is 47.5 Å².